The molecule has 5 heteroatoms. The highest BCUT2D eigenvalue weighted by molar-refractivity contribution is 6.65. The molecule has 1 aromatic carbocycles. The summed E-state index contributed by atoms with van der Waals surface area (Å²) in [6.45, 7) is 8.15. The molecule has 2 fully saturated rings. The van der Waals surface area contributed by atoms with E-state index >= 15 is 0 Å². The molecule has 0 amide bonds. The molecule has 0 spiro atoms. The van der Waals surface area contributed by atoms with E-state index in [9.17, 15) is 0 Å². The van der Waals surface area contributed by atoms with Gasteiger partial charge in [-0.05, 0) is 46.1 Å². The summed E-state index contributed by atoms with van der Waals surface area (Å²) >= 11 is 6.56. The first-order chi connectivity index (χ1) is 9.16. The third-order valence-electron chi connectivity index (χ3n) is 4.86. The SMILES string of the molecule is CC1(C)OB(c2cccc(C3(N)CC3)c2Cl)OC1(C)C. The summed E-state index contributed by atoms with van der Waals surface area (Å²) in [5.74, 6) is 0. The number of rotatable bonds is 2. The molecule has 0 unspecified atom stereocenters. The van der Waals surface area contributed by atoms with Crippen molar-refractivity contribution in [3.8, 4) is 0 Å². The highest BCUT2D eigenvalue weighted by Crippen LogP contribution is 2.45. The summed E-state index contributed by atoms with van der Waals surface area (Å²) in [6.07, 6.45) is 1.97. The molecule has 0 aromatic heterocycles. The zero-order valence-corrected chi connectivity index (χ0v) is 13.3. The number of benzene rings is 1. The topological polar surface area (TPSA) is 44.5 Å². The number of nitrogens with two attached hydrogens (primary N) is 1. The summed E-state index contributed by atoms with van der Waals surface area (Å²) in [5, 5.41) is 0.686. The van der Waals surface area contributed by atoms with Crippen molar-refractivity contribution in [3.05, 3.63) is 28.8 Å². The lowest BCUT2D eigenvalue weighted by molar-refractivity contribution is 0.00578. The minimum absolute atomic E-state index is 0.253. The van der Waals surface area contributed by atoms with Crippen molar-refractivity contribution in [2.75, 3.05) is 0 Å². The van der Waals surface area contributed by atoms with Gasteiger partial charge in [0.05, 0.1) is 11.2 Å². The molecule has 1 aliphatic heterocycles. The summed E-state index contributed by atoms with van der Waals surface area (Å²) in [7, 11) is -0.435. The van der Waals surface area contributed by atoms with Crippen LogP contribution in [-0.2, 0) is 14.8 Å². The van der Waals surface area contributed by atoms with Gasteiger partial charge in [-0.15, -0.1) is 0 Å². The van der Waals surface area contributed by atoms with Crippen LogP contribution in [0, 0.1) is 0 Å². The summed E-state index contributed by atoms with van der Waals surface area (Å²) < 4.78 is 12.1. The molecular weight excluding hydrogens is 272 g/mol. The second-order valence-electron chi connectivity index (χ2n) is 6.95. The fraction of sp³-hybridized carbons (Fsp3) is 0.600. The maximum Gasteiger partial charge on any atom is 0.496 e. The Morgan fingerprint density at radius 3 is 2.15 bits per heavy atom. The van der Waals surface area contributed by atoms with Crippen molar-refractivity contribution in [2.24, 2.45) is 5.73 Å². The van der Waals surface area contributed by atoms with Gasteiger partial charge in [0.1, 0.15) is 0 Å². The van der Waals surface area contributed by atoms with E-state index in [4.69, 9.17) is 26.6 Å². The van der Waals surface area contributed by atoms with Crippen LogP contribution in [0.15, 0.2) is 18.2 Å². The summed E-state index contributed by atoms with van der Waals surface area (Å²) in [5.41, 5.74) is 7.18. The van der Waals surface area contributed by atoms with Crippen LogP contribution >= 0.6 is 11.6 Å². The van der Waals surface area contributed by atoms with Gasteiger partial charge in [0.15, 0.2) is 0 Å². The number of hydrogen-bond donors (Lipinski definition) is 1. The van der Waals surface area contributed by atoms with Gasteiger partial charge < -0.3 is 15.0 Å². The Hall–Kier alpha value is -0.545. The van der Waals surface area contributed by atoms with Crippen LogP contribution in [-0.4, -0.2) is 18.3 Å². The minimum Gasteiger partial charge on any atom is -0.399 e. The molecule has 1 aliphatic carbocycles. The second-order valence-corrected chi connectivity index (χ2v) is 7.33. The average Bonchev–Trinajstić information content (AvgIpc) is 3.01. The summed E-state index contributed by atoms with van der Waals surface area (Å²) in [6, 6.07) is 5.94. The van der Waals surface area contributed by atoms with E-state index in [1.807, 2.05) is 45.9 Å². The van der Waals surface area contributed by atoms with Crippen molar-refractivity contribution in [1.29, 1.82) is 0 Å². The van der Waals surface area contributed by atoms with Gasteiger partial charge in [-0.1, -0.05) is 29.8 Å². The fourth-order valence-electron chi connectivity index (χ4n) is 2.49. The van der Waals surface area contributed by atoms with Gasteiger partial charge in [-0.2, -0.15) is 0 Å². The average molecular weight is 294 g/mol. The molecule has 2 N–H and O–H groups in total. The smallest absolute Gasteiger partial charge is 0.399 e. The minimum atomic E-state index is -0.435. The fourth-order valence-corrected chi connectivity index (χ4v) is 2.89. The van der Waals surface area contributed by atoms with Crippen LogP contribution in [0.3, 0.4) is 0 Å². The Bertz CT molecular complexity index is 539. The molecule has 20 heavy (non-hydrogen) atoms. The standard InChI is InChI=1S/C15H21BClNO2/c1-13(2)14(3,4)20-16(19-13)11-7-5-6-10(12(11)17)15(18)8-9-15/h5-7H,8-9,18H2,1-4H3. The Morgan fingerprint density at radius 2 is 1.65 bits per heavy atom. The zero-order valence-electron chi connectivity index (χ0n) is 12.5. The highest BCUT2D eigenvalue weighted by Gasteiger charge is 2.53. The predicted molar refractivity (Wildman–Crippen MR) is 82.3 cm³/mol. The van der Waals surface area contributed by atoms with Gasteiger partial charge in [0.2, 0.25) is 0 Å². The molecule has 108 valence electrons. The monoisotopic (exact) mass is 293 g/mol. The second kappa shape index (κ2) is 4.23. The van der Waals surface area contributed by atoms with Crippen molar-refractivity contribution in [3.63, 3.8) is 0 Å². The maximum atomic E-state index is 6.56. The van der Waals surface area contributed by atoms with Crippen LogP contribution in [0.5, 0.6) is 0 Å². The maximum absolute atomic E-state index is 6.56. The van der Waals surface area contributed by atoms with Crippen LogP contribution < -0.4 is 11.2 Å². The van der Waals surface area contributed by atoms with E-state index in [1.54, 1.807) is 0 Å². The lowest BCUT2D eigenvalue weighted by atomic mass is 9.77. The van der Waals surface area contributed by atoms with Crippen LogP contribution in [0.4, 0.5) is 0 Å². The molecule has 0 bridgehead atoms. The quantitative estimate of drug-likeness (QED) is 0.853. The van der Waals surface area contributed by atoms with E-state index in [0.29, 0.717) is 5.02 Å². The largest absolute Gasteiger partial charge is 0.496 e. The van der Waals surface area contributed by atoms with Crippen molar-refractivity contribution >= 4 is 24.2 Å². The van der Waals surface area contributed by atoms with E-state index < -0.39 is 7.12 Å². The Morgan fingerprint density at radius 1 is 1.10 bits per heavy atom. The third-order valence-corrected chi connectivity index (χ3v) is 5.28. The molecule has 1 saturated carbocycles. The Labute approximate surface area is 125 Å². The Kier molecular flexibility index (Phi) is 3.05. The third kappa shape index (κ3) is 2.10. The van der Waals surface area contributed by atoms with Gasteiger partial charge >= 0.3 is 7.12 Å². The molecule has 0 atom stereocenters. The Balaban J connectivity index is 1.97. The molecule has 1 saturated heterocycles. The molecule has 2 aliphatic rings. The zero-order chi connectivity index (χ0) is 14.8. The van der Waals surface area contributed by atoms with Crippen LogP contribution in [0.2, 0.25) is 5.02 Å². The van der Waals surface area contributed by atoms with Crippen LogP contribution in [0.25, 0.3) is 0 Å². The summed E-state index contributed by atoms with van der Waals surface area (Å²) in [4.78, 5) is 0. The van der Waals surface area contributed by atoms with Crippen molar-refractivity contribution in [1.82, 2.24) is 0 Å². The lowest BCUT2D eigenvalue weighted by Gasteiger charge is -2.32. The van der Waals surface area contributed by atoms with Gasteiger partial charge in [0.25, 0.3) is 0 Å². The molecule has 1 heterocycles. The first-order valence-electron chi connectivity index (χ1n) is 7.10. The van der Waals surface area contributed by atoms with Gasteiger partial charge in [-0.25, -0.2) is 0 Å². The number of hydrogen-bond acceptors (Lipinski definition) is 3. The van der Waals surface area contributed by atoms with E-state index in [2.05, 4.69) is 0 Å². The normalized spacial score (nSPS) is 25.8. The molecule has 1 aromatic rings. The lowest BCUT2D eigenvalue weighted by Crippen LogP contribution is -2.41. The molecule has 0 radical (unpaired) electrons. The van der Waals surface area contributed by atoms with Crippen LogP contribution in [0.1, 0.15) is 46.1 Å². The van der Waals surface area contributed by atoms with Gasteiger partial charge in [-0.3, -0.25) is 0 Å². The van der Waals surface area contributed by atoms with Crippen molar-refractivity contribution in [2.45, 2.75) is 57.3 Å². The molecule has 3 rings (SSSR count). The van der Waals surface area contributed by atoms with Gasteiger partial charge in [0, 0.05) is 16.0 Å². The molecular formula is C15H21BClNO2. The molecule has 3 nitrogen and oxygen atoms in total. The van der Waals surface area contributed by atoms with E-state index in [0.717, 1.165) is 23.9 Å². The number of halogens is 1. The van der Waals surface area contributed by atoms with Crippen molar-refractivity contribution < 1.29 is 9.31 Å². The highest BCUT2D eigenvalue weighted by atomic mass is 35.5. The van der Waals surface area contributed by atoms with E-state index in [-0.39, 0.29) is 16.7 Å². The van der Waals surface area contributed by atoms with E-state index in [1.165, 1.54) is 0 Å². The first-order valence-corrected chi connectivity index (χ1v) is 7.48. The first kappa shape index (κ1) is 14.4. The predicted octanol–water partition coefficient (Wildman–Crippen LogP) is 2.59.